The molecule has 0 spiro atoms. The van der Waals surface area contributed by atoms with Crippen molar-refractivity contribution >= 4 is 17.7 Å². The molecule has 0 saturated heterocycles. The normalized spacial score (nSPS) is 25.0. The average molecular weight is 245 g/mol. The minimum Gasteiger partial charge on any atom is -0.396 e. The summed E-state index contributed by atoms with van der Waals surface area (Å²) in [6, 6.07) is 0. The third kappa shape index (κ3) is 4.74. The van der Waals surface area contributed by atoms with Crippen LogP contribution in [0.3, 0.4) is 0 Å². The standard InChI is InChI=1S/C12H23NO2S/c1-9(2)16-8-12(15)13-6-10-4-3-5-11(10)7-14/h9-11,14H,3-8H2,1-2H3,(H,13,15). The lowest BCUT2D eigenvalue weighted by Gasteiger charge is -2.17. The van der Waals surface area contributed by atoms with Crippen LogP contribution in [0.5, 0.6) is 0 Å². The Kier molecular flexibility index (Phi) is 6.21. The SMILES string of the molecule is CC(C)SCC(=O)NCC1CCCC1CO. The molecule has 0 aromatic heterocycles. The highest BCUT2D eigenvalue weighted by molar-refractivity contribution is 8.00. The molecule has 0 aromatic rings. The zero-order valence-corrected chi connectivity index (χ0v) is 11.1. The summed E-state index contributed by atoms with van der Waals surface area (Å²) in [6.07, 6.45) is 3.44. The van der Waals surface area contributed by atoms with Crippen LogP contribution < -0.4 is 5.32 Å². The van der Waals surface area contributed by atoms with E-state index < -0.39 is 0 Å². The first-order chi connectivity index (χ1) is 7.63. The molecule has 3 nitrogen and oxygen atoms in total. The Morgan fingerprint density at radius 2 is 2.12 bits per heavy atom. The van der Waals surface area contributed by atoms with Gasteiger partial charge in [-0.15, -0.1) is 11.8 Å². The number of amides is 1. The molecule has 1 aliphatic rings. The highest BCUT2D eigenvalue weighted by atomic mass is 32.2. The van der Waals surface area contributed by atoms with Gasteiger partial charge in [-0.3, -0.25) is 4.79 Å². The fraction of sp³-hybridized carbons (Fsp3) is 0.917. The van der Waals surface area contributed by atoms with Crippen LogP contribution in [0.15, 0.2) is 0 Å². The minimum absolute atomic E-state index is 0.127. The third-order valence-corrected chi connectivity index (χ3v) is 4.26. The highest BCUT2D eigenvalue weighted by Crippen LogP contribution is 2.30. The van der Waals surface area contributed by atoms with E-state index in [1.165, 1.54) is 6.42 Å². The number of carbonyl (C=O) groups is 1. The predicted molar refractivity (Wildman–Crippen MR) is 68.5 cm³/mol. The second-order valence-electron chi connectivity index (χ2n) is 4.80. The molecular weight excluding hydrogens is 222 g/mol. The molecule has 0 aromatic carbocycles. The van der Waals surface area contributed by atoms with Gasteiger partial charge in [-0.2, -0.15) is 0 Å². The molecule has 94 valence electrons. The molecule has 0 bridgehead atoms. The molecule has 1 saturated carbocycles. The van der Waals surface area contributed by atoms with E-state index in [-0.39, 0.29) is 12.5 Å². The highest BCUT2D eigenvalue weighted by Gasteiger charge is 2.26. The van der Waals surface area contributed by atoms with Gasteiger partial charge in [0.15, 0.2) is 0 Å². The van der Waals surface area contributed by atoms with Crippen molar-refractivity contribution in [2.75, 3.05) is 18.9 Å². The molecular formula is C12H23NO2S. The Bertz CT molecular complexity index is 221. The molecule has 1 fully saturated rings. The summed E-state index contributed by atoms with van der Waals surface area (Å²) in [7, 11) is 0. The lowest BCUT2D eigenvalue weighted by Crippen LogP contribution is -2.33. The van der Waals surface area contributed by atoms with Gasteiger partial charge in [0.1, 0.15) is 0 Å². The van der Waals surface area contributed by atoms with Crippen LogP contribution in [0.1, 0.15) is 33.1 Å². The molecule has 0 heterocycles. The summed E-state index contributed by atoms with van der Waals surface area (Å²) in [5.74, 6) is 1.56. The van der Waals surface area contributed by atoms with Gasteiger partial charge in [0.2, 0.25) is 5.91 Å². The number of nitrogens with one attached hydrogen (secondary N) is 1. The number of carbonyl (C=O) groups excluding carboxylic acids is 1. The lowest BCUT2D eigenvalue weighted by atomic mass is 9.97. The van der Waals surface area contributed by atoms with E-state index in [0.29, 0.717) is 22.8 Å². The van der Waals surface area contributed by atoms with Crippen molar-refractivity contribution in [1.82, 2.24) is 5.32 Å². The average Bonchev–Trinajstić information content (AvgIpc) is 2.70. The van der Waals surface area contributed by atoms with Crippen molar-refractivity contribution in [3.8, 4) is 0 Å². The predicted octanol–water partition coefficient (Wildman–Crippen LogP) is 1.65. The third-order valence-electron chi connectivity index (χ3n) is 3.16. The Balaban J connectivity index is 2.16. The number of aliphatic hydroxyl groups excluding tert-OH is 1. The lowest BCUT2D eigenvalue weighted by molar-refractivity contribution is -0.118. The monoisotopic (exact) mass is 245 g/mol. The van der Waals surface area contributed by atoms with Crippen molar-refractivity contribution in [2.45, 2.75) is 38.4 Å². The summed E-state index contributed by atoms with van der Waals surface area (Å²) >= 11 is 1.67. The molecule has 2 atom stereocenters. The van der Waals surface area contributed by atoms with Gasteiger partial charge in [-0.1, -0.05) is 20.3 Å². The van der Waals surface area contributed by atoms with Crippen LogP contribution in [-0.4, -0.2) is 35.2 Å². The summed E-state index contributed by atoms with van der Waals surface area (Å²) in [4.78, 5) is 11.5. The zero-order valence-electron chi connectivity index (χ0n) is 10.2. The fourth-order valence-corrected chi connectivity index (χ4v) is 2.75. The van der Waals surface area contributed by atoms with E-state index in [1.807, 2.05) is 0 Å². The van der Waals surface area contributed by atoms with Gasteiger partial charge in [0.25, 0.3) is 0 Å². The quantitative estimate of drug-likeness (QED) is 0.748. The second kappa shape index (κ2) is 7.17. The first kappa shape index (κ1) is 13.8. The number of rotatable bonds is 6. The smallest absolute Gasteiger partial charge is 0.230 e. The molecule has 16 heavy (non-hydrogen) atoms. The summed E-state index contributed by atoms with van der Waals surface area (Å²) in [6.45, 7) is 5.19. The van der Waals surface area contributed by atoms with Crippen LogP contribution in [0.25, 0.3) is 0 Å². The maximum absolute atomic E-state index is 11.5. The summed E-state index contributed by atoms with van der Waals surface area (Å²) in [5, 5.41) is 12.6. The van der Waals surface area contributed by atoms with Crippen LogP contribution in [0.4, 0.5) is 0 Å². The molecule has 1 aliphatic carbocycles. The van der Waals surface area contributed by atoms with Gasteiger partial charge in [0.05, 0.1) is 5.75 Å². The first-order valence-corrected chi connectivity index (χ1v) is 7.17. The Morgan fingerprint density at radius 3 is 2.75 bits per heavy atom. The molecule has 4 heteroatoms. The summed E-state index contributed by atoms with van der Waals surface area (Å²) < 4.78 is 0. The number of aliphatic hydroxyl groups is 1. The van der Waals surface area contributed by atoms with Gasteiger partial charge in [-0.25, -0.2) is 0 Å². The number of hydrogen-bond donors (Lipinski definition) is 2. The van der Waals surface area contributed by atoms with Crippen molar-refractivity contribution in [1.29, 1.82) is 0 Å². The van der Waals surface area contributed by atoms with Crippen LogP contribution >= 0.6 is 11.8 Å². The van der Waals surface area contributed by atoms with Gasteiger partial charge >= 0.3 is 0 Å². The molecule has 1 rings (SSSR count). The van der Waals surface area contributed by atoms with E-state index in [2.05, 4.69) is 19.2 Å². The van der Waals surface area contributed by atoms with Gasteiger partial charge < -0.3 is 10.4 Å². The molecule has 1 amide bonds. The van der Waals surface area contributed by atoms with Gasteiger partial charge in [0, 0.05) is 13.2 Å². The maximum atomic E-state index is 11.5. The van der Waals surface area contributed by atoms with Crippen LogP contribution in [0.2, 0.25) is 0 Å². The van der Waals surface area contributed by atoms with Crippen molar-refractivity contribution in [3.63, 3.8) is 0 Å². The molecule has 2 N–H and O–H groups in total. The van der Waals surface area contributed by atoms with E-state index in [4.69, 9.17) is 5.11 Å². The number of thioether (sulfide) groups is 1. The van der Waals surface area contributed by atoms with Crippen molar-refractivity contribution < 1.29 is 9.90 Å². The van der Waals surface area contributed by atoms with E-state index >= 15 is 0 Å². The topological polar surface area (TPSA) is 49.3 Å². The molecule has 2 unspecified atom stereocenters. The Labute approximate surface area is 102 Å². The molecule has 0 radical (unpaired) electrons. The second-order valence-corrected chi connectivity index (χ2v) is 6.36. The van der Waals surface area contributed by atoms with Crippen molar-refractivity contribution in [2.24, 2.45) is 11.8 Å². The van der Waals surface area contributed by atoms with E-state index in [9.17, 15) is 4.79 Å². The first-order valence-electron chi connectivity index (χ1n) is 6.12. The Hall–Kier alpha value is -0.220. The number of hydrogen-bond acceptors (Lipinski definition) is 3. The van der Waals surface area contributed by atoms with Crippen LogP contribution in [0, 0.1) is 11.8 Å². The zero-order chi connectivity index (χ0) is 12.0. The van der Waals surface area contributed by atoms with E-state index in [1.54, 1.807) is 11.8 Å². The molecule has 0 aliphatic heterocycles. The van der Waals surface area contributed by atoms with Crippen LogP contribution in [-0.2, 0) is 4.79 Å². The van der Waals surface area contributed by atoms with Gasteiger partial charge in [-0.05, 0) is 29.9 Å². The maximum Gasteiger partial charge on any atom is 0.230 e. The minimum atomic E-state index is 0.127. The van der Waals surface area contributed by atoms with E-state index in [0.717, 1.165) is 19.4 Å². The Morgan fingerprint density at radius 1 is 1.44 bits per heavy atom. The van der Waals surface area contributed by atoms with Crippen molar-refractivity contribution in [3.05, 3.63) is 0 Å². The largest absolute Gasteiger partial charge is 0.396 e. The fourth-order valence-electron chi connectivity index (χ4n) is 2.16. The summed E-state index contributed by atoms with van der Waals surface area (Å²) in [5.41, 5.74) is 0.